The van der Waals surface area contributed by atoms with E-state index in [2.05, 4.69) is 14.9 Å². The van der Waals surface area contributed by atoms with E-state index in [1.54, 1.807) is 30.3 Å². The molecule has 0 spiro atoms. The van der Waals surface area contributed by atoms with Gasteiger partial charge in [-0.1, -0.05) is 12.1 Å². The van der Waals surface area contributed by atoms with Crippen LogP contribution in [-0.2, 0) is 10.2 Å². The molecule has 0 bridgehead atoms. The second-order valence-electron chi connectivity index (χ2n) is 4.66. The van der Waals surface area contributed by atoms with Crippen LogP contribution in [0.3, 0.4) is 0 Å². The summed E-state index contributed by atoms with van der Waals surface area (Å²) >= 11 is 0. The molecular formula is C14H18N4O3S. The van der Waals surface area contributed by atoms with Gasteiger partial charge in [0.15, 0.2) is 0 Å². The zero-order valence-electron chi connectivity index (χ0n) is 12.6. The lowest BCUT2D eigenvalue weighted by Crippen LogP contribution is -2.28. The topological polar surface area (TPSA) is 84.4 Å². The van der Waals surface area contributed by atoms with Gasteiger partial charge in [0.1, 0.15) is 0 Å². The van der Waals surface area contributed by atoms with Crippen LogP contribution in [0.4, 0.5) is 5.69 Å². The third kappa shape index (κ3) is 3.92. The van der Waals surface area contributed by atoms with E-state index in [4.69, 9.17) is 4.74 Å². The van der Waals surface area contributed by atoms with Gasteiger partial charge in [0.2, 0.25) is 5.88 Å². The normalized spacial score (nSPS) is 11.5. The third-order valence-corrected chi connectivity index (χ3v) is 4.27. The Kier molecular flexibility index (Phi) is 4.94. The van der Waals surface area contributed by atoms with Gasteiger partial charge in [-0.15, -0.1) is 10.2 Å². The van der Waals surface area contributed by atoms with Crippen LogP contribution >= 0.6 is 0 Å². The summed E-state index contributed by atoms with van der Waals surface area (Å²) in [4.78, 5) is 0. The summed E-state index contributed by atoms with van der Waals surface area (Å²) in [6.07, 6.45) is 0. The zero-order valence-corrected chi connectivity index (χ0v) is 13.5. The Morgan fingerprint density at radius 2 is 1.95 bits per heavy atom. The van der Waals surface area contributed by atoms with Crippen LogP contribution in [0.1, 0.15) is 6.92 Å². The maximum Gasteiger partial charge on any atom is 0.301 e. The second kappa shape index (κ2) is 6.71. The quantitative estimate of drug-likeness (QED) is 0.876. The fourth-order valence-corrected chi connectivity index (χ4v) is 2.29. The summed E-state index contributed by atoms with van der Waals surface area (Å²) in [6, 6.07) is 10.5. The Morgan fingerprint density at radius 3 is 2.55 bits per heavy atom. The molecule has 0 amide bonds. The number of anilines is 1. The molecule has 22 heavy (non-hydrogen) atoms. The van der Waals surface area contributed by atoms with Crippen LogP contribution in [0.5, 0.6) is 5.88 Å². The predicted octanol–water partition coefficient (Wildman–Crippen LogP) is 1.76. The van der Waals surface area contributed by atoms with E-state index in [0.29, 0.717) is 23.9 Å². The number of nitrogens with one attached hydrogen (secondary N) is 1. The van der Waals surface area contributed by atoms with Gasteiger partial charge >= 0.3 is 10.2 Å². The molecule has 7 nitrogen and oxygen atoms in total. The minimum Gasteiger partial charge on any atom is -0.477 e. The van der Waals surface area contributed by atoms with Crippen molar-refractivity contribution < 1.29 is 13.2 Å². The lowest BCUT2D eigenvalue weighted by atomic mass is 10.1. The molecule has 0 aliphatic rings. The van der Waals surface area contributed by atoms with Gasteiger partial charge in [-0.25, -0.2) is 0 Å². The van der Waals surface area contributed by atoms with Gasteiger partial charge in [0, 0.05) is 25.7 Å². The molecule has 0 aliphatic heterocycles. The van der Waals surface area contributed by atoms with E-state index in [1.807, 2.05) is 13.0 Å². The van der Waals surface area contributed by atoms with Crippen LogP contribution in [0.25, 0.3) is 11.3 Å². The van der Waals surface area contributed by atoms with Crippen molar-refractivity contribution in [1.29, 1.82) is 0 Å². The highest BCUT2D eigenvalue weighted by Gasteiger charge is 2.13. The molecule has 0 fully saturated rings. The van der Waals surface area contributed by atoms with Gasteiger partial charge in [-0.05, 0) is 25.1 Å². The molecule has 8 heteroatoms. The van der Waals surface area contributed by atoms with Gasteiger partial charge in [0.05, 0.1) is 18.0 Å². The first-order valence-electron chi connectivity index (χ1n) is 6.69. The van der Waals surface area contributed by atoms with Crippen molar-refractivity contribution in [3.63, 3.8) is 0 Å². The predicted molar refractivity (Wildman–Crippen MR) is 84.9 cm³/mol. The number of ether oxygens (including phenoxy) is 1. The van der Waals surface area contributed by atoms with Gasteiger partial charge in [-0.2, -0.15) is 12.7 Å². The molecule has 0 radical (unpaired) electrons. The van der Waals surface area contributed by atoms with Gasteiger partial charge in [0.25, 0.3) is 0 Å². The lowest BCUT2D eigenvalue weighted by molar-refractivity contribution is 0.323. The van der Waals surface area contributed by atoms with Gasteiger partial charge in [-0.3, -0.25) is 4.72 Å². The molecular weight excluding hydrogens is 304 g/mol. The molecule has 118 valence electrons. The van der Waals surface area contributed by atoms with Crippen LogP contribution in [0.2, 0.25) is 0 Å². The fourth-order valence-electron chi connectivity index (χ4n) is 1.68. The number of benzene rings is 1. The largest absolute Gasteiger partial charge is 0.477 e. The standard InChI is InChI=1S/C14H18N4O3S/c1-4-21-14-9-8-13(15-16-14)11-6-5-7-12(10-11)17-22(19,20)18(2)3/h5-10,17H,4H2,1-3H3. The van der Waals surface area contributed by atoms with Crippen LogP contribution < -0.4 is 9.46 Å². The van der Waals surface area contributed by atoms with E-state index in [1.165, 1.54) is 14.1 Å². The van der Waals surface area contributed by atoms with Crippen molar-refractivity contribution in [2.24, 2.45) is 0 Å². The Balaban J connectivity index is 2.24. The molecule has 0 unspecified atom stereocenters. The molecule has 1 N–H and O–H groups in total. The lowest BCUT2D eigenvalue weighted by Gasteiger charge is -2.13. The summed E-state index contributed by atoms with van der Waals surface area (Å²) in [5.41, 5.74) is 1.85. The summed E-state index contributed by atoms with van der Waals surface area (Å²) < 4.78 is 32.5. The number of aromatic nitrogens is 2. The molecule has 1 aromatic heterocycles. The van der Waals surface area contributed by atoms with Crippen molar-refractivity contribution in [2.75, 3.05) is 25.4 Å². The van der Waals surface area contributed by atoms with E-state index in [9.17, 15) is 8.42 Å². The van der Waals surface area contributed by atoms with E-state index in [-0.39, 0.29) is 0 Å². The number of rotatable bonds is 6. The minimum absolute atomic E-state index is 0.454. The van der Waals surface area contributed by atoms with Gasteiger partial charge < -0.3 is 4.74 Å². The molecule has 2 rings (SSSR count). The van der Waals surface area contributed by atoms with Crippen molar-refractivity contribution in [1.82, 2.24) is 14.5 Å². The zero-order chi connectivity index (χ0) is 16.2. The highest BCUT2D eigenvalue weighted by molar-refractivity contribution is 7.90. The molecule has 1 heterocycles. The molecule has 1 aromatic carbocycles. The maximum absolute atomic E-state index is 11.8. The summed E-state index contributed by atoms with van der Waals surface area (Å²) in [5, 5.41) is 8.04. The molecule has 0 saturated carbocycles. The average Bonchev–Trinajstić information content (AvgIpc) is 2.48. The SMILES string of the molecule is CCOc1ccc(-c2cccc(NS(=O)(=O)N(C)C)c2)nn1. The Hall–Kier alpha value is -2.19. The number of hydrogen-bond donors (Lipinski definition) is 1. The minimum atomic E-state index is -3.54. The first-order valence-corrected chi connectivity index (χ1v) is 8.13. The first kappa shape index (κ1) is 16.2. The smallest absolute Gasteiger partial charge is 0.301 e. The highest BCUT2D eigenvalue weighted by Crippen LogP contribution is 2.22. The van der Waals surface area contributed by atoms with Crippen molar-refractivity contribution >= 4 is 15.9 Å². The molecule has 0 atom stereocenters. The molecule has 2 aromatic rings. The average molecular weight is 322 g/mol. The fraction of sp³-hybridized carbons (Fsp3) is 0.286. The second-order valence-corrected chi connectivity index (χ2v) is 6.54. The number of nitrogens with zero attached hydrogens (tertiary/aromatic N) is 3. The van der Waals surface area contributed by atoms with Crippen LogP contribution in [0, 0.1) is 0 Å². The molecule has 0 saturated heterocycles. The monoisotopic (exact) mass is 322 g/mol. The van der Waals surface area contributed by atoms with Crippen LogP contribution in [0.15, 0.2) is 36.4 Å². The van der Waals surface area contributed by atoms with Crippen molar-refractivity contribution in [2.45, 2.75) is 6.92 Å². The van der Waals surface area contributed by atoms with E-state index >= 15 is 0 Å². The Morgan fingerprint density at radius 1 is 1.18 bits per heavy atom. The Labute approximate surface area is 130 Å². The van der Waals surface area contributed by atoms with E-state index in [0.717, 1.165) is 9.87 Å². The van der Waals surface area contributed by atoms with Crippen molar-refractivity contribution in [3.05, 3.63) is 36.4 Å². The van der Waals surface area contributed by atoms with E-state index < -0.39 is 10.2 Å². The first-order chi connectivity index (χ1) is 10.4. The summed E-state index contributed by atoms with van der Waals surface area (Å²) in [6.45, 7) is 2.39. The number of hydrogen-bond acceptors (Lipinski definition) is 5. The third-order valence-electron chi connectivity index (χ3n) is 2.82. The Bertz CT molecular complexity index is 730. The highest BCUT2D eigenvalue weighted by atomic mass is 32.2. The maximum atomic E-state index is 11.8. The van der Waals surface area contributed by atoms with Crippen molar-refractivity contribution in [3.8, 4) is 17.1 Å². The van der Waals surface area contributed by atoms with Crippen LogP contribution in [-0.4, -0.2) is 43.6 Å². The summed E-state index contributed by atoms with van der Waals surface area (Å²) in [5.74, 6) is 0.454. The molecule has 0 aliphatic carbocycles. The summed E-state index contributed by atoms with van der Waals surface area (Å²) in [7, 11) is -0.612.